The standard InChI is InChI=1S/C12H17N3O3/c1-8-2-3-10(18-8)12(16)15-6-4-9(5-7-15)11(13)14-17/h2-3,9,17H,4-7H2,1H3,(H2,13,14). The van der Waals surface area contributed by atoms with Crippen LogP contribution in [0.4, 0.5) is 0 Å². The quantitative estimate of drug-likeness (QED) is 0.357. The van der Waals surface area contributed by atoms with Crippen molar-refractivity contribution in [2.75, 3.05) is 13.1 Å². The van der Waals surface area contributed by atoms with Crippen molar-refractivity contribution in [2.24, 2.45) is 16.8 Å². The summed E-state index contributed by atoms with van der Waals surface area (Å²) in [5, 5.41) is 11.6. The summed E-state index contributed by atoms with van der Waals surface area (Å²) in [4.78, 5) is 13.8. The van der Waals surface area contributed by atoms with Crippen LogP contribution < -0.4 is 5.73 Å². The molecule has 0 bridgehead atoms. The van der Waals surface area contributed by atoms with Gasteiger partial charge in [0.25, 0.3) is 5.91 Å². The molecule has 98 valence electrons. The number of furan rings is 1. The summed E-state index contributed by atoms with van der Waals surface area (Å²) in [5.41, 5.74) is 5.56. The molecule has 0 aromatic carbocycles. The van der Waals surface area contributed by atoms with Gasteiger partial charge in [-0.15, -0.1) is 0 Å². The molecule has 0 radical (unpaired) electrons. The molecule has 6 heteroatoms. The van der Waals surface area contributed by atoms with Crippen LogP contribution in [-0.4, -0.2) is 34.9 Å². The van der Waals surface area contributed by atoms with Gasteiger partial charge >= 0.3 is 0 Å². The van der Waals surface area contributed by atoms with Crippen LogP contribution >= 0.6 is 0 Å². The first-order valence-corrected chi connectivity index (χ1v) is 5.95. The molecule has 0 atom stereocenters. The Morgan fingerprint density at radius 2 is 2.17 bits per heavy atom. The molecule has 2 rings (SSSR count). The molecule has 1 aromatic rings. The van der Waals surface area contributed by atoms with Crippen LogP contribution in [0, 0.1) is 12.8 Å². The molecule has 3 N–H and O–H groups in total. The number of piperidine rings is 1. The summed E-state index contributed by atoms with van der Waals surface area (Å²) in [6.45, 7) is 3.00. The zero-order valence-corrected chi connectivity index (χ0v) is 10.3. The third kappa shape index (κ3) is 2.47. The summed E-state index contributed by atoms with van der Waals surface area (Å²) in [6.07, 6.45) is 1.42. The predicted molar refractivity (Wildman–Crippen MR) is 65.5 cm³/mol. The minimum Gasteiger partial charge on any atom is -0.456 e. The Bertz CT molecular complexity index is 459. The van der Waals surface area contributed by atoms with Crippen LogP contribution in [0.25, 0.3) is 0 Å². The number of rotatable bonds is 2. The Hall–Kier alpha value is -1.98. The van der Waals surface area contributed by atoms with Crippen molar-refractivity contribution in [2.45, 2.75) is 19.8 Å². The highest BCUT2D eigenvalue weighted by Gasteiger charge is 2.27. The van der Waals surface area contributed by atoms with E-state index in [0.29, 0.717) is 31.7 Å². The molecule has 2 heterocycles. The molecule has 1 aromatic heterocycles. The van der Waals surface area contributed by atoms with E-state index in [4.69, 9.17) is 15.4 Å². The van der Waals surface area contributed by atoms with Crippen molar-refractivity contribution in [3.05, 3.63) is 23.7 Å². The van der Waals surface area contributed by atoms with Crippen LogP contribution in [0.1, 0.15) is 29.2 Å². The second kappa shape index (κ2) is 5.12. The van der Waals surface area contributed by atoms with Crippen molar-refractivity contribution >= 4 is 11.7 Å². The first kappa shape index (κ1) is 12.5. The van der Waals surface area contributed by atoms with Crippen molar-refractivity contribution in [1.82, 2.24) is 4.90 Å². The highest BCUT2D eigenvalue weighted by Crippen LogP contribution is 2.19. The lowest BCUT2D eigenvalue weighted by Crippen LogP contribution is -2.41. The molecule has 0 aliphatic carbocycles. The average molecular weight is 251 g/mol. The van der Waals surface area contributed by atoms with Gasteiger partial charge in [0.1, 0.15) is 11.6 Å². The number of likely N-dealkylation sites (tertiary alicyclic amines) is 1. The van der Waals surface area contributed by atoms with E-state index in [1.165, 1.54) is 0 Å². The smallest absolute Gasteiger partial charge is 0.289 e. The SMILES string of the molecule is Cc1ccc(C(=O)N2CCC(C(N)=NO)CC2)o1. The van der Waals surface area contributed by atoms with Gasteiger partial charge in [-0.05, 0) is 31.9 Å². The molecular weight excluding hydrogens is 234 g/mol. The van der Waals surface area contributed by atoms with Gasteiger partial charge in [0.15, 0.2) is 5.76 Å². The molecule has 0 spiro atoms. The minimum atomic E-state index is -0.0962. The number of nitrogens with two attached hydrogens (primary N) is 1. The van der Waals surface area contributed by atoms with E-state index in [0.717, 1.165) is 5.76 Å². The number of nitrogens with zero attached hydrogens (tertiary/aromatic N) is 2. The maximum absolute atomic E-state index is 12.1. The van der Waals surface area contributed by atoms with Gasteiger partial charge in [0.05, 0.1) is 0 Å². The van der Waals surface area contributed by atoms with E-state index in [2.05, 4.69) is 5.16 Å². The molecule has 0 saturated carbocycles. The van der Waals surface area contributed by atoms with Gasteiger partial charge in [0, 0.05) is 19.0 Å². The zero-order chi connectivity index (χ0) is 13.1. The Morgan fingerprint density at radius 3 is 2.67 bits per heavy atom. The van der Waals surface area contributed by atoms with Crippen molar-refractivity contribution in [3.8, 4) is 0 Å². The van der Waals surface area contributed by atoms with Crippen molar-refractivity contribution in [1.29, 1.82) is 0 Å². The fourth-order valence-electron chi connectivity index (χ4n) is 2.17. The highest BCUT2D eigenvalue weighted by molar-refractivity contribution is 5.91. The predicted octanol–water partition coefficient (Wildman–Crippen LogP) is 1.19. The number of oxime groups is 1. The molecule has 6 nitrogen and oxygen atoms in total. The van der Waals surface area contributed by atoms with Gasteiger partial charge in [-0.25, -0.2) is 0 Å². The first-order chi connectivity index (χ1) is 8.61. The summed E-state index contributed by atoms with van der Waals surface area (Å²) in [7, 11) is 0. The number of amidine groups is 1. The number of carbonyl (C=O) groups excluding carboxylic acids is 1. The molecule has 1 aliphatic heterocycles. The van der Waals surface area contributed by atoms with Crippen LogP contribution in [-0.2, 0) is 0 Å². The molecule has 0 unspecified atom stereocenters. The molecule has 1 fully saturated rings. The maximum atomic E-state index is 12.1. The van der Waals surface area contributed by atoms with Crippen LogP contribution in [0.2, 0.25) is 0 Å². The number of carbonyl (C=O) groups is 1. The number of hydrogen-bond acceptors (Lipinski definition) is 4. The van der Waals surface area contributed by atoms with E-state index in [9.17, 15) is 4.79 Å². The summed E-state index contributed by atoms with van der Waals surface area (Å²) in [5.74, 6) is 1.30. The Kier molecular flexibility index (Phi) is 3.55. The van der Waals surface area contributed by atoms with Gasteiger partial charge in [0.2, 0.25) is 0 Å². The maximum Gasteiger partial charge on any atom is 0.289 e. The molecular formula is C12H17N3O3. The van der Waals surface area contributed by atoms with Crippen LogP contribution in [0.5, 0.6) is 0 Å². The Labute approximate surface area is 105 Å². The zero-order valence-electron chi connectivity index (χ0n) is 10.3. The molecule has 1 saturated heterocycles. The lowest BCUT2D eigenvalue weighted by Gasteiger charge is -2.30. The molecule has 1 amide bonds. The third-order valence-electron chi connectivity index (χ3n) is 3.27. The van der Waals surface area contributed by atoms with E-state index < -0.39 is 0 Å². The number of amides is 1. The van der Waals surface area contributed by atoms with E-state index >= 15 is 0 Å². The lowest BCUT2D eigenvalue weighted by atomic mass is 9.96. The number of aryl methyl sites for hydroxylation is 1. The van der Waals surface area contributed by atoms with Crippen LogP contribution in [0.3, 0.4) is 0 Å². The Morgan fingerprint density at radius 1 is 1.50 bits per heavy atom. The fourth-order valence-corrected chi connectivity index (χ4v) is 2.17. The highest BCUT2D eigenvalue weighted by atomic mass is 16.4. The van der Waals surface area contributed by atoms with Gasteiger partial charge in [-0.2, -0.15) is 0 Å². The third-order valence-corrected chi connectivity index (χ3v) is 3.27. The van der Waals surface area contributed by atoms with E-state index in [1.807, 2.05) is 0 Å². The minimum absolute atomic E-state index is 0.0531. The largest absolute Gasteiger partial charge is 0.456 e. The Balaban J connectivity index is 1.96. The topological polar surface area (TPSA) is 92.1 Å². The van der Waals surface area contributed by atoms with E-state index in [1.54, 1.807) is 24.0 Å². The second-order valence-electron chi connectivity index (χ2n) is 4.50. The number of hydrogen-bond donors (Lipinski definition) is 2. The molecule has 1 aliphatic rings. The van der Waals surface area contributed by atoms with Gasteiger partial charge in [-0.3, -0.25) is 4.79 Å². The fraction of sp³-hybridized carbons (Fsp3) is 0.500. The molecule has 18 heavy (non-hydrogen) atoms. The van der Waals surface area contributed by atoms with Gasteiger partial charge < -0.3 is 20.3 Å². The summed E-state index contributed by atoms with van der Waals surface area (Å²) < 4.78 is 5.31. The lowest BCUT2D eigenvalue weighted by molar-refractivity contribution is 0.0675. The van der Waals surface area contributed by atoms with E-state index in [-0.39, 0.29) is 17.7 Å². The average Bonchev–Trinajstić information content (AvgIpc) is 2.84. The van der Waals surface area contributed by atoms with Crippen molar-refractivity contribution < 1.29 is 14.4 Å². The first-order valence-electron chi connectivity index (χ1n) is 5.95. The van der Waals surface area contributed by atoms with Crippen LogP contribution in [0.15, 0.2) is 21.7 Å². The van der Waals surface area contributed by atoms with Gasteiger partial charge in [-0.1, -0.05) is 5.16 Å². The second-order valence-corrected chi connectivity index (χ2v) is 4.50. The normalized spacial score (nSPS) is 18.1. The summed E-state index contributed by atoms with van der Waals surface area (Å²) >= 11 is 0. The summed E-state index contributed by atoms with van der Waals surface area (Å²) in [6, 6.07) is 3.46. The van der Waals surface area contributed by atoms with Crippen molar-refractivity contribution in [3.63, 3.8) is 0 Å². The monoisotopic (exact) mass is 251 g/mol.